The van der Waals surface area contributed by atoms with Gasteiger partial charge in [-0.05, 0) is 27.3 Å². The third kappa shape index (κ3) is 4.21. The van der Waals surface area contributed by atoms with Gasteiger partial charge >= 0.3 is 0 Å². The molecule has 0 aliphatic carbocycles. The predicted molar refractivity (Wildman–Crippen MR) is 70.4 cm³/mol. The molecular formula is C13H28N2O2. The van der Waals surface area contributed by atoms with Crippen molar-refractivity contribution in [2.24, 2.45) is 0 Å². The molecule has 1 aliphatic rings. The number of ether oxygens (including phenoxy) is 2. The highest BCUT2D eigenvalue weighted by atomic mass is 16.5. The first kappa shape index (κ1) is 14.9. The van der Waals surface area contributed by atoms with Gasteiger partial charge in [-0.15, -0.1) is 0 Å². The smallest absolute Gasteiger partial charge is 0.0637 e. The van der Waals surface area contributed by atoms with Crippen LogP contribution in [0.15, 0.2) is 0 Å². The monoisotopic (exact) mass is 244 g/mol. The maximum absolute atomic E-state index is 5.69. The molecule has 1 unspecified atom stereocenters. The molecule has 0 bridgehead atoms. The van der Waals surface area contributed by atoms with E-state index in [9.17, 15) is 0 Å². The Balaban J connectivity index is 2.50. The van der Waals surface area contributed by atoms with Gasteiger partial charge in [-0.25, -0.2) is 0 Å². The SMILES string of the molecule is CCCOCC(NC)C(C)(C)N1CCOCC1. The van der Waals surface area contributed by atoms with Gasteiger partial charge in [0.1, 0.15) is 0 Å². The maximum atomic E-state index is 5.69. The Labute approximate surface area is 106 Å². The Morgan fingerprint density at radius 3 is 2.53 bits per heavy atom. The number of likely N-dealkylation sites (N-methyl/N-ethyl adjacent to an activating group) is 1. The molecule has 0 radical (unpaired) electrons. The minimum Gasteiger partial charge on any atom is -0.380 e. The highest BCUT2D eigenvalue weighted by Gasteiger charge is 2.35. The van der Waals surface area contributed by atoms with Crippen molar-refractivity contribution in [1.29, 1.82) is 0 Å². The Kier molecular flexibility index (Phi) is 6.41. The summed E-state index contributed by atoms with van der Waals surface area (Å²) in [5.74, 6) is 0. The van der Waals surface area contributed by atoms with E-state index in [4.69, 9.17) is 9.47 Å². The van der Waals surface area contributed by atoms with Gasteiger partial charge in [-0.2, -0.15) is 0 Å². The number of rotatable bonds is 7. The molecule has 1 heterocycles. The first-order valence-electron chi connectivity index (χ1n) is 6.70. The van der Waals surface area contributed by atoms with Gasteiger partial charge in [-0.1, -0.05) is 6.92 Å². The van der Waals surface area contributed by atoms with E-state index in [0.29, 0.717) is 6.04 Å². The van der Waals surface area contributed by atoms with Crippen molar-refractivity contribution in [1.82, 2.24) is 10.2 Å². The van der Waals surface area contributed by atoms with Crippen LogP contribution in [0.2, 0.25) is 0 Å². The molecule has 4 nitrogen and oxygen atoms in total. The van der Waals surface area contributed by atoms with Crippen molar-refractivity contribution in [3.8, 4) is 0 Å². The molecule has 0 aromatic rings. The molecule has 4 heteroatoms. The minimum absolute atomic E-state index is 0.103. The zero-order valence-electron chi connectivity index (χ0n) is 11.8. The summed E-state index contributed by atoms with van der Waals surface area (Å²) in [6.07, 6.45) is 1.08. The van der Waals surface area contributed by atoms with Crippen LogP contribution in [0, 0.1) is 0 Å². The van der Waals surface area contributed by atoms with Crippen molar-refractivity contribution < 1.29 is 9.47 Å². The predicted octanol–water partition coefficient (Wildman–Crippen LogP) is 1.11. The number of nitrogens with zero attached hydrogens (tertiary/aromatic N) is 1. The van der Waals surface area contributed by atoms with Gasteiger partial charge < -0.3 is 14.8 Å². The van der Waals surface area contributed by atoms with Crippen LogP contribution in [0.25, 0.3) is 0 Å². The van der Waals surface area contributed by atoms with Gasteiger partial charge in [0.25, 0.3) is 0 Å². The zero-order chi connectivity index (χ0) is 12.7. The number of nitrogens with one attached hydrogen (secondary N) is 1. The van der Waals surface area contributed by atoms with Crippen molar-refractivity contribution >= 4 is 0 Å². The molecule has 1 rings (SSSR count). The Hall–Kier alpha value is -0.160. The molecule has 0 amide bonds. The van der Waals surface area contributed by atoms with Crippen LogP contribution in [0.3, 0.4) is 0 Å². The molecular weight excluding hydrogens is 216 g/mol. The van der Waals surface area contributed by atoms with Crippen LogP contribution < -0.4 is 5.32 Å². The van der Waals surface area contributed by atoms with E-state index >= 15 is 0 Å². The summed E-state index contributed by atoms with van der Waals surface area (Å²) in [7, 11) is 2.02. The third-order valence-electron chi connectivity index (χ3n) is 3.66. The van der Waals surface area contributed by atoms with Crippen LogP contribution in [0.1, 0.15) is 27.2 Å². The Bertz CT molecular complexity index is 204. The quantitative estimate of drug-likeness (QED) is 0.680. The van der Waals surface area contributed by atoms with Crippen molar-refractivity contribution in [2.45, 2.75) is 38.8 Å². The van der Waals surface area contributed by atoms with E-state index in [1.54, 1.807) is 0 Å². The lowest BCUT2D eigenvalue weighted by Crippen LogP contribution is -2.61. The molecule has 1 N–H and O–H groups in total. The van der Waals surface area contributed by atoms with Crippen molar-refractivity contribution in [3.05, 3.63) is 0 Å². The molecule has 1 fully saturated rings. The summed E-state index contributed by atoms with van der Waals surface area (Å²) in [6.45, 7) is 12.0. The highest BCUT2D eigenvalue weighted by Crippen LogP contribution is 2.20. The first-order valence-corrected chi connectivity index (χ1v) is 6.70. The second-order valence-electron chi connectivity index (χ2n) is 5.17. The van der Waals surface area contributed by atoms with E-state index in [1.807, 2.05) is 7.05 Å². The van der Waals surface area contributed by atoms with Gasteiger partial charge in [0.05, 0.1) is 19.8 Å². The molecule has 1 aliphatic heterocycles. The second-order valence-corrected chi connectivity index (χ2v) is 5.17. The van der Waals surface area contributed by atoms with Crippen LogP contribution >= 0.6 is 0 Å². The summed E-state index contributed by atoms with van der Waals surface area (Å²) in [5, 5.41) is 3.39. The molecule has 0 aromatic heterocycles. The molecule has 102 valence electrons. The van der Waals surface area contributed by atoms with E-state index in [1.165, 1.54) is 0 Å². The normalized spacial score (nSPS) is 20.5. The first-order chi connectivity index (χ1) is 8.12. The number of hydrogen-bond acceptors (Lipinski definition) is 4. The van der Waals surface area contributed by atoms with Gasteiger partial charge in [-0.3, -0.25) is 4.90 Å². The number of hydrogen-bond donors (Lipinski definition) is 1. The van der Waals surface area contributed by atoms with E-state index in [2.05, 4.69) is 31.0 Å². The summed E-state index contributed by atoms with van der Waals surface area (Å²) in [6, 6.07) is 0.354. The van der Waals surface area contributed by atoms with Gasteiger partial charge in [0.15, 0.2) is 0 Å². The molecule has 0 saturated carbocycles. The van der Waals surface area contributed by atoms with Crippen LogP contribution in [0.5, 0.6) is 0 Å². The lowest BCUT2D eigenvalue weighted by atomic mass is 9.92. The van der Waals surface area contributed by atoms with E-state index in [0.717, 1.165) is 45.9 Å². The largest absolute Gasteiger partial charge is 0.380 e. The van der Waals surface area contributed by atoms with Gasteiger partial charge in [0.2, 0.25) is 0 Å². The van der Waals surface area contributed by atoms with E-state index < -0.39 is 0 Å². The molecule has 0 aromatic carbocycles. The maximum Gasteiger partial charge on any atom is 0.0637 e. The lowest BCUT2D eigenvalue weighted by molar-refractivity contribution is -0.0363. The standard InChI is InChI=1S/C13H28N2O2/c1-5-8-17-11-12(14-4)13(2,3)15-6-9-16-10-7-15/h12,14H,5-11H2,1-4H3. The van der Waals surface area contributed by atoms with Crippen LogP contribution in [0.4, 0.5) is 0 Å². The fraction of sp³-hybridized carbons (Fsp3) is 1.00. The molecule has 17 heavy (non-hydrogen) atoms. The fourth-order valence-electron chi connectivity index (χ4n) is 2.35. The molecule has 1 saturated heterocycles. The molecule has 1 atom stereocenters. The topological polar surface area (TPSA) is 33.7 Å². The zero-order valence-corrected chi connectivity index (χ0v) is 11.8. The number of morpholine rings is 1. The average molecular weight is 244 g/mol. The fourth-order valence-corrected chi connectivity index (χ4v) is 2.35. The van der Waals surface area contributed by atoms with Gasteiger partial charge in [0, 0.05) is 31.3 Å². The molecule has 0 spiro atoms. The van der Waals surface area contributed by atoms with Crippen LogP contribution in [-0.2, 0) is 9.47 Å². The van der Waals surface area contributed by atoms with Crippen LogP contribution in [-0.4, -0.2) is 63.0 Å². The van der Waals surface area contributed by atoms with Crippen molar-refractivity contribution in [3.63, 3.8) is 0 Å². The van der Waals surface area contributed by atoms with E-state index in [-0.39, 0.29) is 5.54 Å². The lowest BCUT2D eigenvalue weighted by Gasteiger charge is -2.45. The summed E-state index contributed by atoms with van der Waals surface area (Å²) in [5.41, 5.74) is 0.103. The highest BCUT2D eigenvalue weighted by molar-refractivity contribution is 4.93. The third-order valence-corrected chi connectivity index (χ3v) is 3.66. The van der Waals surface area contributed by atoms with Crippen molar-refractivity contribution in [2.75, 3.05) is 46.6 Å². The average Bonchev–Trinajstić information content (AvgIpc) is 2.35. The summed E-state index contributed by atoms with van der Waals surface area (Å²) in [4.78, 5) is 2.49. The summed E-state index contributed by atoms with van der Waals surface area (Å²) >= 11 is 0. The Morgan fingerprint density at radius 2 is 2.00 bits per heavy atom. The Morgan fingerprint density at radius 1 is 1.35 bits per heavy atom. The summed E-state index contributed by atoms with van der Waals surface area (Å²) < 4.78 is 11.1. The second kappa shape index (κ2) is 7.31. The minimum atomic E-state index is 0.103.